The molecule has 2 saturated carbocycles. The standard InChI is InChI=1S/C19H27N/c1-20-19(12-16-11-13-6-7-15(16)10-13)18-9-8-14-4-2-3-5-17(14)18/h2-5,13,15-16,18-20H,6-12H2,1H3. The first-order valence-corrected chi connectivity index (χ1v) is 8.60. The zero-order valence-electron chi connectivity index (χ0n) is 12.6. The van der Waals surface area contributed by atoms with Gasteiger partial charge in [-0.15, -0.1) is 0 Å². The second-order valence-corrected chi connectivity index (χ2v) is 7.41. The first-order chi connectivity index (χ1) is 9.85. The Hall–Kier alpha value is -0.820. The SMILES string of the molecule is CNC(CC1CC2CCC1C2)C1CCc2ccccc21. The van der Waals surface area contributed by atoms with Gasteiger partial charge in [-0.2, -0.15) is 0 Å². The largest absolute Gasteiger partial charge is 0.316 e. The number of rotatable bonds is 4. The van der Waals surface area contributed by atoms with Gasteiger partial charge in [-0.25, -0.2) is 0 Å². The number of benzene rings is 1. The second-order valence-electron chi connectivity index (χ2n) is 7.41. The molecule has 5 atom stereocenters. The lowest BCUT2D eigenvalue weighted by Crippen LogP contribution is -2.34. The van der Waals surface area contributed by atoms with E-state index < -0.39 is 0 Å². The number of hydrogen-bond donors (Lipinski definition) is 1. The third-order valence-corrected chi connectivity index (χ3v) is 6.48. The first-order valence-electron chi connectivity index (χ1n) is 8.60. The molecule has 0 spiro atoms. The van der Waals surface area contributed by atoms with Crippen LogP contribution < -0.4 is 5.32 Å². The van der Waals surface area contributed by atoms with Gasteiger partial charge in [0, 0.05) is 6.04 Å². The first kappa shape index (κ1) is 12.9. The van der Waals surface area contributed by atoms with Crippen LogP contribution in [0.25, 0.3) is 0 Å². The Balaban J connectivity index is 1.49. The summed E-state index contributed by atoms with van der Waals surface area (Å²) in [4.78, 5) is 0. The normalized spacial score (nSPS) is 36.2. The van der Waals surface area contributed by atoms with Gasteiger partial charge in [-0.05, 0) is 80.4 Å². The molecule has 1 N–H and O–H groups in total. The molecule has 20 heavy (non-hydrogen) atoms. The molecule has 1 aromatic rings. The molecule has 0 radical (unpaired) electrons. The van der Waals surface area contributed by atoms with E-state index >= 15 is 0 Å². The molecular weight excluding hydrogens is 242 g/mol. The van der Waals surface area contributed by atoms with Crippen molar-refractivity contribution < 1.29 is 0 Å². The van der Waals surface area contributed by atoms with Gasteiger partial charge in [0.25, 0.3) is 0 Å². The van der Waals surface area contributed by atoms with E-state index in [1.807, 2.05) is 0 Å². The van der Waals surface area contributed by atoms with Crippen LogP contribution in [-0.4, -0.2) is 13.1 Å². The molecule has 108 valence electrons. The quantitative estimate of drug-likeness (QED) is 0.866. The van der Waals surface area contributed by atoms with Crippen molar-refractivity contribution in [2.75, 3.05) is 7.05 Å². The molecule has 3 aliphatic carbocycles. The molecule has 3 aliphatic rings. The smallest absolute Gasteiger partial charge is 0.0136 e. The summed E-state index contributed by atoms with van der Waals surface area (Å²) in [7, 11) is 2.18. The van der Waals surface area contributed by atoms with Gasteiger partial charge in [0.2, 0.25) is 0 Å². The number of nitrogens with one attached hydrogen (secondary N) is 1. The lowest BCUT2D eigenvalue weighted by molar-refractivity contribution is 0.265. The predicted molar refractivity (Wildman–Crippen MR) is 83.9 cm³/mol. The van der Waals surface area contributed by atoms with Crippen LogP contribution in [0.2, 0.25) is 0 Å². The third-order valence-electron chi connectivity index (χ3n) is 6.48. The highest BCUT2D eigenvalue weighted by Crippen LogP contribution is 2.51. The van der Waals surface area contributed by atoms with Crippen molar-refractivity contribution in [3.8, 4) is 0 Å². The van der Waals surface area contributed by atoms with Crippen molar-refractivity contribution in [2.45, 2.75) is 56.9 Å². The van der Waals surface area contributed by atoms with Gasteiger partial charge < -0.3 is 5.32 Å². The van der Waals surface area contributed by atoms with E-state index in [1.54, 1.807) is 17.5 Å². The maximum atomic E-state index is 3.67. The molecule has 0 aromatic heterocycles. The molecule has 2 fully saturated rings. The fraction of sp³-hybridized carbons (Fsp3) is 0.684. The maximum absolute atomic E-state index is 3.67. The van der Waals surface area contributed by atoms with E-state index in [0.29, 0.717) is 6.04 Å². The highest BCUT2D eigenvalue weighted by atomic mass is 14.9. The summed E-state index contributed by atoms with van der Waals surface area (Å²) in [5.41, 5.74) is 3.24. The minimum Gasteiger partial charge on any atom is -0.316 e. The van der Waals surface area contributed by atoms with E-state index in [1.165, 1.54) is 38.5 Å². The number of likely N-dealkylation sites (N-methyl/N-ethyl adjacent to an activating group) is 1. The number of aryl methyl sites for hydroxylation is 1. The molecular formula is C19H27N. The van der Waals surface area contributed by atoms with E-state index in [0.717, 1.165) is 23.7 Å². The topological polar surface area (TPSA) is 12.0 Å². The molecule has 0 aliphatic heterocycles. The van der Waals surface area contributed by atoms with Crippen molar-refractivity contribution >= 4 is 0 Å². The molecule has 1 nitrogen and oxygen atoms in total. The Bertz CT molecular complexity index is 480. The van der Waals surface area contributed by atoms with Crippen molar-refractivity contribution in [1.29, 1.82) is 0 Å². The Labute approximate surface area is 123 Å². The van der Waals surface area contributed by atoms with Gasteiger partial charge in [-0.3, -0.25) is 0 Å². The van der Waals surface area contributed by atoms with Gasteiger partial charge in [0.15, 0.2) is 0 Å². The van der Waals surface area contributed by atoms with Gasteiger partial charge in [0.1, 0.15) is 0 Å². The van der Waals surface area contributed by atoms with Crippen LogP contribution in [-0.2, 0) is 6.42 Å². The van der Waals surface area contributed by atoms with Crippen LogP contribution in [0.15, 0.2) is 24.3 Å². The van der Waals surface area contributed by atoms with E-state index in [9.17, 15) is 0 Å². The third kappa shape index (κ3) is 2.11. The van der Waals surface area contributed by atoms with Crippen LogP contribution in [0.4, 0.5) is 0 Å². The summed E-state index contributed by atoms with van der Waals surface area (Å²) < 4.78 is 0. The second kappa shape index (κ2) is 5.18. The fourth-order valence-electron chi connectivity index (χ4n) is 5.48. The summed E-state index contributed by atoms with van der Waals surface area (Å²) in [5.74, 6) is 3.92. The molecule has 1 aromatic carbocycles. The zero-order valence-corrected chi connectivity index (χ0v) is 12.6. The molecule has 0 amide bonds. The minimum absolute atomic E-state index is 0.697. The van der Waals surface area contributed by atoms with Crippen LogP contribution in [0.5, 0.6) is 0 Å². The van der Waals surface area contributed by atoms with Gasteiger partial charge in [-0.1, -0.05) is 30.7 Å². The maximum Gasteiger partial charge on any atom is 0.0136 e. The van der Waals surface area contributed by atoms with Crippen LogP contribution in [0.1, 0.15) is 55.6 Å². The molecule has 2 bridgehead atoms. The van der Waals surface area contributed by atoms with Gasteiger partial charge >= 0.3 is 0 Å². The fourth-order valence-corrected chi connectivity index (χ4v) is 5.48. The lowest BCUT2D eigenvalue weighted by Gasteiger charge is -2.30. The Morgan fingerprint density at radius 2 is 2.05 bits per heavy atom. The van der Waals surface area contributed by atoms with E-state index in [-0.39, 0.29) is 0 Å². The van der Waals surface area contributed by atoms with Crippen molar-refractivity contribution in [2.24, 2.45) is 17.8 Å². The predicted octanol–water partition coefficient (Wildman–Crippen LogP) is 4.13. The molecule has 4 rings (SSSR count). The Morgan fingerprint density at radius 1 is 1.15 bits per heavy atom. The molecule has 0 heterocycles. The highest BCUT2D eigenvalue weighted by molar-refractivity contribution is 5.36. The van der Waals surface area contributed by atoms with E-state index in [4.69, 9.17) is 0 Å². The monoisotopic (exact) mass is 269 g/mol. The molecule has 5 unspecified atom stereocenters. The summed E-state index contributed by atoms with van der Waals surface area (Å²) >= 11 is 0. The van der Waals surface area contributed by atoms with Crippen molar-refractivity contribution in [1.82, 2.24) is 5.32 Å². The summed E-state index contributed by atoms with van der Waals surface area (Å²) in [5, 5.41) is 3.67. The lowest BCUT2D eigenvalue weighted by atomic mass is 9.80. The summed E-state index contributed by atoms with van der Waals surface area (Å²) in [6.07, 6.45) is 10.2. The van der Waals surface area contributed by atoms with Gasteiger partial charge in [0.05, 0.1) is 0 Å². The molecule has 1 heteroatoms. The summed E-state index contributed by atoms with van der Waals surface area (Å²) in [6.45, 7) is 0. The van der Waals surface area contributed by atoms with Crippen LogP contribution in [0, 0.1) is 17.8 Å². The average Bonchev–Trinajstić information content (AvgIpc) is 3.19. The minimum atomic E-state index is 0.697. The van der Waals surface area contributed by atoms with E-state index in [2.05, 4.69) is 36.6 Å². The average molecular weight is 269 g/mol. The highest BCUT2D eigenvalue weighted by Gasteiger charge is 2.41. The zero-order chi connectivity index (χ0) is 13.5. The van der Waals surface area contributed by atoms with Crippen molar-refractivity contribution in [3.63, 3.8) is 0 Å². The number of fused-ring (bicyclic) bond motifs is 3. The summed E-state index contributed by atoms with van der Waals surface area (Å²) in [6, 6.07) is 9.83. The molecule has 0 saturated heterocycles. The van der Waals surface area contributed by atoms with Crippen molar-refractivity contribution in [3.05, 3.63) is 35.4 Å². The van der Waals surface area contributed by atoms with Crippen LogP contribution in [0.3, 0.4) is 0 Å². The number of hydrogen-bond acceptors (Lipinski definition) is 1. The Morgan fingerprint density at radius 3 is 2.80 bits per heavy atom. The Kier molecular flexibility index (Phi) is 3.34. The van der Waals surface area contributed by atoms with Crippen LogP contribution >= 0.6 is 0 Å².